The first kappa shape index (κ1) is 11.4. The molecule has 0 aliphatic carbocycles. The van der Waals surface area contributed by atoms with Crippen LogP contribution in [0.1, 0.15) is 31.5 Å². The van der Waals surface area contributed by atoms with Gasteiger partial charge in [0.1, 0.15) is 5.01 Å². The number of nitrogens with zero attached hydrogens (tertiary/aromatic N) is 2. The van der Waals surface area contributed by atoms with Crippen molar-refractivity contribution in [3.63, 3.8) is 0 Å². The molecule has 1 rings (SSSR count). The third kappa shape index (κ3) is 2.41. The molecule has 0 bridgehead atoms. The molecule has 0 radical (unpaired) electrons. The zero-order valence-corrected chi connectivity index (χ0v) is 9.87. The van der Waals surface area contributed by atoms with Crippen LogP contribution in [0.5, 0.6) is 0 Å². The molecule has 0 fully saturated rings. The summed E-state index contributed by atoms with van der Waals surface area (Å²) < 4.78 is 0. The maximum absolute atomic E-state index is 10.1. The van der Waals surface area contributed by atoms with Crippen molar-refractivity contribution in [2.45, 2.75) is 32.1 Å². The number of halogens is 1. The first-order valence-electron chi connectivity index (χ1n) is 4.13. The van der Waals surface area contributed by atoms with E-state index in [-0.39, 0.29) is 11.3 Å². The molecule has 76 valence electrons. The van der Waals surface area contributed by atoms with E-state index in [1.54, 1.807) is 0 Å². The Morgan fingerprint density at radius 3 is 2.64 bits per heavy atom. The molecule has 5 heteroatoms. The van der Waals surface area contributed by atoms with Crippen molar-refractivity contribution in [3.8, 4) is 0 Å². The number of rotatable bonds is 2. The number of aromatic nitrogens is 1. The normalized spacial score (nSPS) is 11.1. The molecule has 0 aliphatic heterocycles. The van der Waals surface area contributed by atoms with E-state index in [1.807, 2.05) is 0 Å². The van der Waals surface area contributed by atoms with Crippen LogP contribution in [0.3, 0.4) is 0 Å². The number of hydrogen-bond acceptors (Lipinski definition) is 4. The summed E-state index contributed by atoms with van der Waals surface area (Å²) in [5, 5.41) is 1.50. The van der Waals surface area contributed by atoms with Crippen LogP contribution >= 0.6 is 22.9 Å². The smallest absolute Gasteiger partial charge is 0.241 e. The first-order valence-corrected chi connectivity index (χ1v) is 5.48. The minimum Gasteiger partial charge on any atom is -0.242 e. The van der Waals surface area contributed by atoms with Gasteiger partial charge in [-0.15, -0.1) is 11.6 Å². The van der Waals surface area contributed by atoms with Gasteiger partial charge in [-0.2, -0.15) is 4.99 Å². The van der Waals surface area contributed by atoms with Gasteiger partial charge in [0.2, 0.25) is 6.08 Å². The average Bonchev–Trinajstić information content (AvgIpc) is 2.47. The minimum absolute atomic E-state index is 0.0396. The highest BCUT2D eigenvalue weighted by Gasteiger charge is 2.21. The largest absolute Gasteiger partial charge is 0.242 e. The predicted molar refractivity (Wildman–Crippen MR) is 58.2 cm³/mol. The fourth-order valence-electron chi connectivity index (χ4n) is 0.880. The summed E-state index contributed by atoms with van der Waals surface area (Å²) in [5.41, 5.74) is 0.618. The highest BCUT2D eigenvalue weighted by molar-refractivity contribution is 7.15. The summed E-state index contributed by atoms with van der Waals surface area (Å²) in [5.74, 6) is 0.271. The lowest BCUT2D eigenvalue weighted by Gasteiger charge is -2.13. The van der Waals surface area contributed by atoms with Gasteiger partial charge in [-0.25, -0.2) is 9.78 Å². The fraction of sp³-hybridized carbons (Fsp3) is 0.556. The number of aliphatic imine (C=N–C) groups is 1. The molecule has 0 aromatic carbocycles. The summed E-state index contributed by atoms with van der Waals surface area (Å²) in [6.45, 7) is 6.16. The quantitative estimate of drug-likeness (QED) is 0.445. The second-order valence-corrected chi connectivity index (χ2v) is 5.10. The van der Waals surface area contributed by atoms with Gasteiger partial charge in [0.25, 0.3) is 0 Å². The summed E-state index contributed by atoms with van der Waals surface area (Å²) >= 11 is 7.08. The van der Waals surface area contributed by atoms with E-state index in [2.05, 4.69) is 30.7 Å². The zero-order chi connectivity index (χ0) is 10.8. The standard InChI is InChI=1S/C9H11ClN2OS/c1-9(2,3)8-12-6(4-10)7(14-8)11-5-13/h4H2,1-3H3. The second-order valence-electron chi connectivity index (χ2n) is 3.86. The SMILES string of the molecule is CC(C)(C)c1nc(CCl)c(N=C=O)s1. The second kappa shape index (κ2) is 4.22. The molecule has 0 unspecified atom stereocenters. The van der Waals surface area contributed by atoms with Crippen molar-refractivity contribution >= 4 is 34.0 Å². The number of alkyl halides is 1. The number of carbonyl (C=O) groups excluding carboxylic acids is 1. The van der Waals surface area contributed by atoms with Crippen LogP contribution in [0.2, 0.25) is 0 Å². The van der Waals surface area contributed by atoms with Crippen LogP contribution in [-0.2, 0) is 16.1 Å². The van der Waals surface area contributed by atoms with Crippen LogP contribution in [0.25, 0.3) is 0 Å². The molecule has 0 saturated heterocycles. The van der Waals surface area contributed by atoms with E-state index in [1.165, 1.54) is 17.4 Å². The Bertz CT molecular complexity index is 375. The molecule has 3 nitrogen and oxygen atoms in total. The first-order chi connectivity index (χ1) is 6.49. The number of hydrogen-bond donors (Lipinski definition) is 0. The maximum Gasteiger partial charge on any atom is 0.241 e. The van der Waals surface area contributed by atoms with E-state index in [0.29, 0.717) is 10.7 Å². The molecule has 1 aromatic heterocycles. The monoisotopic (exact) mass is 230 g/mol. The van der Waals surface area contributed by atoms with Gasteiger partial charge in [-0.05, 0) is 0 Å². The van der Waals surface area contributed by atoms with E-state index in [9.17, 15) is 4.79 Å². The van der Waals surface area contributed by atoms with Gasteiger partial charge >= 0.3 is 0 Å². The Kier molecular flexibility index (Phi) is 3.43. The number of isocyanates is 1. The highest BCUT2D eigenvalue weighted by Crippen LogP contribution is 2.35. The third-order valence-electron chi connectivity index (χ3n) is 1.59. The lowest BCUT2D eigenvalue weighted by Crippen LogP contribution is -2.10. The van der Waals surface area contributed by atoms with Gasteiger partial charge < -0.3 is 0 Å². The van der Waals surface area contributed by atoms with Crippen LogP contribution < -0.4 is 0 Å². The van der Waals surface area contributed by atoms with Gasteiger partial charge in [0.05, 0.1) is 11.6 Å². The third-order valence-corrected chi connectivity index (χ3v) is 3.26. The van der Waals surface area contributed by atoms with Gasteiger partial charge in [-0.1, -0.05) is 32.1 Å². The van der Waals surface area contributed by atoms with E-state index < -0.39 is 0 Å². The van der Waals surface area contributed by atoms with Gasteiger partial charge in [0, 0.05) is 5.41 Å². The summed E-state index contributed by atoms with van der Waals surface area (Å²) in [6, 6.07) is 0. The summed E-state index contributed by atoms with van der Waals surface area (Å²) in [6.07, 6.45) is 1.51. The Labute approximate surface area is 91.8 Å². The summed E-state index contributed by atoms with van der Waals surface area (Å²) in [4.78, 5) is 18.1. The van der Waals surface area contributed by atoms with Crippen molar-refractivity contribution in [2.24, 2.45) is 4.99 Å². The Balaban J connectivity index is 3.19. The van der Waals surface area contributed by atoms with E-state index >= 15 is 0 Å². The molecule has 1 heterocycles. The van der Waals surface area contributed by atoms with Gasteiger partial charge in [-0.3, -0.25) is 0 Å². The average molecular weight is 231 g/mol. The zero-order valence-electron chi connectivity index (χ0n) is 8.30. The van der Waals surface area contributed by atoms with Crippen LogP contribution in [-0.4, -0.2) is 11.1 Å². The maximum atomic E-state index is 10.1. The summed E-state index contributed by atoms with van der Waals surface area (Å²) in [7, 11) is 0. The lowest BCUT2D eigenvalue weighted by atomic mass is 9.98. The lowest BCUT2D eigenvalue weighted by molar-refractivity contribution is 0.565. The highest BCUT2D eigenvalue weighted by atomic mass is 35.5. The van der Waals surface area contributed by atoms with Crippen molar-refractivity contribution in [1.82, 2.24) is 4.98 Å². The van der Waals surface area contributed by atoms with Gasteiger partial charge in [0.15, 0.2) is 5.00 Å². The molecule has 14 heavy (non-hydrogen) atoms. The molecule has 0 N–H and O–H groups in total. The van der Waals surface area contributed by atoms with Crippen molar-refractivity contribution in [1.29, 1.82) is 0 Å². The Morgan fingerprint density at radius 1 is 1.57 bits per heavy atom. The van der Waals surface area contributed by atoms with E-state index in [4.69, 9.17) is 11.6 Å². The molecule has 0 spiro atoms. The van der Waals surface area contributed by atoms with Crippen molar-refractivity contribution in [3.05, 3.63) is 10.7 Å². The van der Waals surface area contributed by atoms with Crippen LogP contribution in [0, 0.1) is 0 Å². The predicted octanol–water partition coefficient (Wildman–Crippen LogP) is 3.15. The molecule has 0 saturated carbocycles. The Morgan fingerprint density at radius 2 is 2.21 bits per heavy atom. The molecular weight excluding hydrogens is 220 g/mol. The number of thiazole rings is 1. The molecule has 0 atom stereocenters. The topological polar surface area (TPSA) is 42.3 Å². The minimum atomic E-state index is -0.0396. The van der Waals surface area contributed by atoms with Crippen LogP contribution in [0.4, 0.5) is 5.00 Å². The molecule has 1 aromatic rings. The molecular formula is C9H11ClN2OS. The van der Waals surface area contributed by atoms with Crippen molar-refractivity contribution in [2.75, 3.05) is 0 Å². The van der Waals surface area contributed by atoms with Crippen molar-refractivity contribution < 1.29 is 4.79 Å². The van der Waals surface area contributed by atoms with E-state index in [0.717, 1.165) is 5.01 Å². The van der Waals surface area contributed by atoms with Crippen LogP contribution in [0.15, 0.2) is 4.99 Å². The molecule has 0 amide bonds. The molecule has 0 aliphatic rings. The Hall–Kier alpha value is -0.700. The fourth-order valence-corrected chi connectivity index (χ4v) is 2.11.